The Morgan fingerprint density at radius 1 is 0.538 bits per heavy atom. The Morgan fingerprint density at radius 2 is 0.923 bits per heavy atom. The molecule has 0 aliphatic heterocycles. The summed E-state index contributed by atoms with van der Waals surface area (Å²) in [5.41, 5.74) is 16.9. The molecule has 0 fully saturated rings. The van der Waals surface area contributed by atoms with Crippen molar-refractivity contribution in [3.8, 4) is 0 Å². The van der Waals surface area contributed by atoms with Crippen LogP contribution < -0.4 is 17.2 Å². The highest BCUT2D eigenvalue weighted by Gasteiger charge is 2.29. The van der Waals surface area contributed by atoms with E-state index < -0.39 is 18.1 Å². The maximum atomic E-state index is 13.0. The number of ether oxygens (including phenoxy) is 2. The molecule has 0 spiro atoms. The summed E-state index contributed by atoms with van der Waals surface area (Å²) in [6.07, 6.45) is 39.1. The lowest BCUT2D eigenvalue weighted by Crippen LogP contribution is -2.42. The number of carbonyl (C=O) groups is 3. The second-order valence-corrected chi connectivity index (χ2v) is 14.4. The number of carbonyl (C=O) groups excluding carboxylic acids is 3. The van der Waals surface area contributed by atoms with Gasteiger partial charge in [0, 0.05) is 25.8 Å². The highest BCUT2D eigenvalue weighted by atomic mass is 16.6. The van der Waals surface area contributed by atoms with Gasteiger partial charge in [0.1, 0.15) is 18.3 Å². The van der Waals surface area contributed by atoms with Gasteiger partial charge in [0.15, 0.2) is 12.2 Å². The molecule has 0 aliphatic carbocycles. The number of hydrogen-bond donors (Lipinski definition) is 3. The highest BCUT2D eigenvalue weighted by Crippen LogP contribution is 2.15. The summed E-state index contributed by atoms with van der Waals surface area (Å²) in [7, 11) is 0. The standard InChI is InChI=1S/C43H80N4O5/c1-3-5-7-9-11-13-15-17-19-21-23-25-27-29-31-33-40(49)51-37-38(39(48)35-36-47-43(45)46)42(44)52-41(50)34-32-30-28-26-24-22-20-18-16-14-12-10-8-6-4-2/h17-20,38,42H,3-16,21-37,44H2,1-2H3,(H4,45,46,47)/b19-17-,20-18-. The van der Waals surface area contributed by atoms with Crippen LogP contribution in [0.2, 0.25) is 0 Å². The molecule has 9 heteroatoms. The molecule has 0 bridgehead atoms. The molecule has 0 amide bonds. The van der Waals surface area contributed by atoms with Crippen molar-refractivity contribution >= 4 is 23.7 Å². The number of Topliss-reactive ketones (excluding diaryl/α,β-unsaturated/α-hetero) is 1. The van der Waals surface area contributed by atoms with Crippen LogP contribution in [-0.4, -0.2) is 43.1 Å². The maximum Gasteiger partial charge on any atom is 0.307 e. The topological polar surface area (TPSA) is 160 Å². The molecule has 2 atom stereocenters. The van der Waals surface area contributed by atoms with E-state index in [-0.39, 0.29) is 50.1 Å². The minimum Gasteiger partial charge on any atom is -0.465 e. The number of nitrogens with zero attached hydrogens (tertiary/aromatic N) is 1. The van der Waals surface area contributed by atoms with E-state index >= 15 is 0 Å². The van der Waals surface area contributed by atoms with Crippen molar-refractivity contribution in [2.45, 2.75) is 206 Å². The lowest BCUT2D eigenvalue weighted by molar-refractivity contribution is -0.157. The lowest BCUT2D eigenvalue weighted by Gasteiger charge is -2.22. The van der Waals surface area contributed by atoms with Crippen LogP contribution in [0.1, 0.15) is 200 Å². The Hall–Kier alpha value is -2.68. The van der Waals surface area contributed by atoms with Crippen LogP contribution in [0.15, 0.2) is 29.3 Å². The second kappa shape index (κ2) is 38.1. The number of esters is 2. The average molecular weight is 733 g/mol. The van der Waals surface area contributed by atoms with Gasteiger partial charge in [-0.3, -0.25) is 25.1 Å². The van der Waals surface area contributed by atoms with Gasteiger partial charge in [-0.2, -0.15) is 0 Å². The molecular weight excluding hydrogens is 652 g/mol. The predicted molar refractivity (Wildman–Crippen MR) is 218 cm³/mol. The quantitative estimate of drug-likeness (QED) is 0.0141. The normalized spacial score (nSPS) is 12.7. The molecule has 6 N–H and O–H groups in total. The minimum atomic E-state index is -1.21. The highest BCUT2D eigenvalue weighted by molar-refractivity contribution is 5.83. The summed E-state index contributed by atoms with van der Waals surface area (Å²) in [5.74, 6) is -2.25. The van der Waals surface area contributed by atoms with Crippen molar-refractivity contribution in [1.29, 1.82) is 0 Å². The summed E-state index contributed by atoms with van der Waals surface area (Å²) >= 11 is 0. The largest absolute Gasteiger partial charge is 0.465 e. The van der Waals surface area contributed by atoms with Crippen molar-refractivity contribution in [3.05, 3.63) is 24.3 Å². The number of ketones is 1. The van der Waals surface area contributed by atoms with Crippen LogP contribution in [-0.2, 0) is 23.9 Å². The van der Waals surface area contributed by atoms with Gasteiger partial charge < -0.3 is 20.9 Å². The Labute approximate surface area is 318 Å². The van der Waals surface area contributed by atoms with Gasteiger partial charge in [-0.05, 0) is 64.2 Å². The summed E-state index contributed by atoms with van der Waals surface area (Å²) in [6.45, 7) is 4.33. The van der Waals surface area contributed by atoms with Gasteiger partial charge in [-0.1, -0.05) is 141 Å². The Balaban J connectivity index is 4.26. The van der Waals surface area contributed by atoms with E-state index in [0.717, 1.165) is 70.6 Å². The average Bonchev–Trinajstić information content (AvgIpc) is 3.11. The summed E-state index contributed by atoms with van der Waals surface area (Å²) in [6, 6.07) is 0. The molecule has 0 aromatic carbocycles. The lowest BCUT2D eigenvalue weighted by atomic mass is 10.0. The number of aliphatic imine (C=N–C) groups is 1. The zero-order valence-electron chi connectivity index (χ0n) is 33.6. The van der Waals surface area contributed by atoms with Crippen LogP contribution in [0.3, 0.4) is 0 Å². The number of unbranched alkanes of at least 4 members (excludes halogenated alkanes) is 22. The maximum absolute atomic E-state index is 13.0. The molecule has 0 aromatic heterocycles. The smallest absolute Gasteiger partial charge is 0.307 e. The molecular formula is C43H80N4O5. The van der Waals surface area contributed by atoms with Gasteiger partial charge in [0.25, 0.3) is 0 Å². The Morgan fingerprint density at radius 3 is 1.35 bits per heavy atom. The molecule has 0 aromatic rings. The molecule has 0 saturated carbocycles. The number of nitrogens with two attached hydrogens (primary N) is 3. The first-order valence-corrected chi connectivity index (χ1v) is 21.3. The first-order chi connectivity index (χ1) is 25.3. The van der Waals surface area contributed by atoms with E-state index in [0.29, 0.717) is 6.42 Å². The fraction of sp³-hybridized carbons (Fsp3) is 0.814. The first kappa shape index (κ1) is 49.3. The van der Waals surface area contributed by atoms with E-state index in [1.54, 1.807) is 0 Å². The minimum absolute atomic E-state index is 0.00611. The van der Waals surface area contributed by atoms with Crippen LogP contribution >= 0.6 is 0 Å². The number of hydrogen-bond acceptors (Lipinski definition) is 7. The molecule has 52 heavy (non-hydrogen) atoms. The van der Waals surface area contributed by atoms with Crippen LogP contribution in [0.25, 0.3) is 0 Å². The van der Waals surface area contributed by atoms with Gasteiger partial charge >= 0.3 is 11.9 Å². The van der Waals surface area contributed by atoms with E-state index in [1.165, 1.54) is 89.9 Å². The van der Waals surface area contributed by atoms with Crippen LogP contribution in [0, 0.1) is 5.92 Å². The number of allylic oxidation sites excluding steroid dienone is 4. The van der Waals surface area contributed by atoms with E-state index in [2.05, 4.69) is 43.1 Å². The van der Waals surface area contributed by atoms with E-state index in [9.17, 15) is 14.4 Å². The molecule has 302 valence electrons. The Kier molecular flexibility index (Phi) is 36.1. The van der Waals surface area contributed by atoms with Crippen molar-refractivity contribution < 1.29 is 23.9 Å². The van der Waals surface area contributed by atoms with Crippen LogP contribution in [0.4, 0.5) is 0 Å². The molecule has 0 radical (unpaired) electrons. The third-order valence-corrected chi connectivity index (χ3v) is 9.44. The van der Waals surface area contributed by atoms with E-state index in [1.807, 2.05) is 0 Å². The van der Waals surface area contributed by atoms with Crippen LogP contribution in [0.5, 0.6) is 0 Å². The van der Waals surface area contributed by atoms with Gasteiger partial charge in [0.05, 0.1) is 0 Å². The molecule has 0 heterocycles. The third kappa shape index (κ3) is 34.4. The Bertz CT molecular complexity index is 948. The summed E-state index contributed by atoms with van der Waals surface area (Å²) < 4.78 is 10.9. The van der Waals surface area contributed by atoms with Crippen molar-refractivity contribution in [1.82, 2.24) is 0 Å². The first-order valence-electron chi connectivity index (χ1n) is 21.3. The zero-order valence-corrected chi connectivity index (χ0v) is 33.6. The fourth-order valence-corrected chi connectivity index (χ4v) is 6.08. The monoisotopic (exact) mass is 733 g/mol. The van der Waals surface area contributed by atoms with Crippen molar-refractivity contribution in [2.24, 2.45) is 28.1 Å². The molecule has 2 unspecified atom stereocenters. The second-order valence-electron chi connectivity index (χ2n) is 14.4. The van der Waals surface area contributed by atoms with Gasteiger partial charge in [-0.15, -0.1) is 0 Å². The fourth-order valence-electron chi connectivity index (χ4n) is 6.08. The molecule has 0 rings (SSSR count). The molecule has 0 saturated heterocycles. The molecule has 0 aliphatic rings. The predicted octanol–water partition coefficient (Wildman–Crippen LogP) is 10.3. The zero-order chi connectivity index (χ0) is 38.3. The van der Waals surface area contributed by atoms with Gasteiger partial charge in [0.2, 0.25) is 0 Å². The van der Waals surface area contributed by atoms with E-state index in [4.69, 9.17) is 26.7 Å². The van der Waals surface area contributed by atoms with Crippen molar-refractivity contribution in [2.75, 3.05) is 13.2 Å². The van der Waals surface area contributed by atoms with Gasteiger partial charge in [-0.25, -0.2) is 0 Å². The third-order valence-electron chi connectivity index (χ3n) is 9.44. The number of guanidine groups is 1. The van der Waals surface area contributed by atoms with Crippen molar-refractivity contribution in [3.63, 3.8) is 0 Å². The SMILES string of the molecule is CCCCCCCC/C=C\CCCCCCCC(=O)OCC(C(=O)CCN=C(N)N)C(N)OC(=O)CCCCCCC/C=C\CCCCCCCC. The number of rotatable bonds is 38. The summed E-state index contributed by atoms with van der Waals surface area (Å²) in [5, 5.41) is 0. The summed E-state index contributed by atoms with van der Waals surface area (Å²) in [4.78, 5) is 41.8. The molecule has 9 nitrogen and oxygen atoms in total.